The molecule has 0 atom stereocenters. The van der Waals surface area contributed by atoms with E-state index in [2.05, 4.69) is 16.4 Å². The van der Waals surface area contributed by atoms with Gasteiger partial charge in [-0.05, 0) is 36.8 Å². The van der Waals surface area contributed by atoms with E-state index in [1.807, 2.05) is 24.3 Å². The van der Waals surface area contributed by atoms with Gasteiger partial charge < -0.3 is 10.3 Å². The number of aromatic amines is 1. The van der Waals surface area contributed by atoms with Crippen molar-refractivity contribution in [2.75, 3.05) is 5.32 Å². The van der Waals surface area contributed by atoms with Gasteiger partial charge in [-0.15, -0.1) is 0 Å². The fourth-order valence-corrected chi connectivity index (χ4v) is 2.22. The van der Waals surface area contributed by atoms with Gasteiger partial charge in [0.25, 0.3) is 0 Å². The van der Waals surface area contributed by atoms with Crippen molar-refractivity contribution >= 4 is 22.4 Å². The van der Waals surface area contributed by atoms with Gasteiger partial charge in [0.1, 0.15) is 23.3 Å². The summed E-state index contributed by atoms with van der Waals surface area (Å²) in [5.41, 5.74) is 2.75. The van der Waals surface area contributed by atoms with Crippen LogP contribution in [0.2, 0.25) is 0 Å². The number of nitrogens with one attached hydrogen (secondary N) is 2. The Kier molecular flexibility index (Phi) is 2.88. The average molecular weight is 265 g/mol. The van der Waals surface area contributed by atoms with Crippen molar-refractivity contribution in [2.45, 2.75) is 6.92 Å². The van der Waals surface area contributed by atoms with Gasteiger partial charge in [-0.25, -0.2) is 4.39 Å². The maximum absolute atomic E-state index is 13.3. The minimum atomic E-state index is -0.243. The van der Waals surface area contributed by atoms with Crippen LogP contribution in [0.1, 0.15) is 11.1 Å². The third-order valence-electron chi connectivity index (χ3n) is 3.25. The molecule has 0 bridgehead atoms. The Morgan fingerprint density at radius 3 is 2.75 bits per heavy atom. The number of rotatable bonds is 2. The van der Waals surface area contributed by atoms with Crippen LogP contribution in [0.25, 0.3) is 10.9 Å². The Morgan fingerprint density at radius 1 is 1.20 bits per heavy atom. The normalized spacial score (nSPS) is 10.4. The summed E-state index contributed by atoms with van der Waals surface area (Å²) in [4.78, 5) is 3.17. The molecule has 0 saturated heterocycles. The summed E-state index contributed by atoms with van der Waals surface area (Å²) >= 11 is 0. The van der Waals surface area contributed by atoms with Gasteiger partial charge in [0.2, 0.25) is 0 Å². The van der Waals surface area contributed by atoms with Crippen molar-refractivity contribution in [1.82, 2.24) is 4.98 Å². The lowest BCUT2D eigenvalue weighted by molar-refractivity contribution is 0.619. The number of hydrogen-bond acceptors (Lipinski definition) is 2. The number of benzene rings is 2. The fourth-order valence-electron chi connectivity index (χ4n) is 2.22. The quantitative estimate of drug-likeness (QED) is 0.728. The molecule has 0 aliphatic rings. The van der Waals surface area contributed by atoms with Crippen molar-refractivity contribution in [3.8, 4) is 6.07 Å². The highest BCUT2D eigenvalue weighted by Crippen LogP contribution is 2.28. The van der Waals surface area contributed by atoms with Gasteiger partial charge in [-0.3, -0.25) is 0 Å². The number of hydrogen-bond donors (Lipinski definition) is 2. The summed E-state index contributed by atoms with van der Waals surface area (Å²) in [5, 5.41) is 13.3. The first-order valence-corrected chi connectivity index (χ1v) is 6.23. The van der Waals surface area contributed by atoms with Crippen LogP contribution in [0.5, 0.6) is 0 Å². The number of fused-ring (bicyclic) bond motifs is 1. The van der Waals surface area contributed by atoms with E-state index in [4.69, 9.17) is 0 Å². The number of halogens is 1. The molecular formula is C16H12FN3. The molecule has 1 aromatic heterocycles. The molecule has 3 rings (SSSR count). The maximum atomic E-state index is 13.3. The molecule has 2 aromatic carbocycles. The Bertz CT molecular complexity index is 827. The minimum absolute atomic E-state index is 0.243. The van der Waals surface area contributed by atoms with Crippen molar-refractivity contribution in [3.63, 3.8) is 0 Å². The predicted octanol–water partition coefficient (Wildman–Crippen LogP) is 4.23. The van der Waals surface area contributed by atoms with Crippen LogP contribution in [0.15, 0.2) is 42.5 Å². The Morgan fingerprint density at radius 2 is 2.00 bits per heavy atom. The molecule has 20 heavy (non-hydrogen) atoms. The van der Waals surface area contributed by atoms with Crippen LogP contribution in [0, 0.1) is 24.1 Å². The van der Waals surface area contributed by atoms with Crippen LogP contribution in [0.3, 0.4) is 0 Å². The molecule has 0 saturated carbocycles. The summed E-state index contributed by atoms with van der Waals surface area (Å²) < 4.78 is 13.3. The van der Waals surface area contributed by atoms with Crippen molar-refractivity contribution in [3.05, 3.63) is 59.4 Å². The first-order chi connectivity index (χ1) is 9.69. The molecule has 0 aliphatic heterocycles. The average Bonchev–Trinajstić information content (AvgIpc) is 2.80. The highest BCUT2D eigenvalue weighted by atomic mass is 19.1. The lowest BCUT2D eigenvalue weighted by Gasteiger charge is -2.06. The van der Waals surface area contributed by atoms with Crippen LogP contribution < -0.4 is 5.32 Å². The predicted molar refractivity (Wildman–Crippen MR) is 77.4 cm³/mol. The van der Waals surface area contributed by atoms with Gasteiger partial charge >= 0.3 is 0 Å². The molecule has 0 spiro atoms. The SMILES string of the molecule is Cc1cc(Nc2[nH]c3ccccc3c2C#N)ccc1F. The summed E-state index contributed by atoms with van der Waals surface area (Å²) in [5.74, 6) is 0.382. The lowest BCUT2D eigenvalue weighted by atomic mass is 10.1. The highest BCUT2D eigenvalue weighted by Gasteiger charge is 2.11. The van der Waals surface area contributed by atoms with Gasteiger partial charge in [0.05, 0.1) is 0 Å². The van der Waals surface area contributed by atoms with E-state index in [-0.39, 0.29) is 5.82 Å². The van der Waals surface area contributed by atoms with E-state index in [0.717, 1.165) is 16.6 Å². The van der Waals surface area contributed by atoms with Crippen LogP contribution in [-0.2, 0) is 0 Å². The number of H-pyrrole nitrogens is 1. The molecule has 0 aliphatic carbocycles. The fraction of sp³-hybridized carbons (Fsp3) is 0.0625. The molecule has 1 heterocycles. The second-order valence-electron chi connectivity index (χ2n) is 4.62. The minimum Gasteiger partial charge on any atom is -0.341 e. The molecule has 4 heteroatoms. The first-order valence-electron chi connectivity index (χ1n) is 6.23. The van der Waals surface area contributed by atoms with Gasteiger partial charge in [0.15, 0.2) is 0 Å². The van der Waals surface area contributed by atoms with Crippen molar-refractivity contribution < 1.29 is 4.39 Å². The van der Waals surface area contributed by atoms with Crippen molar-refractivity contribution in [1.29, 1.82) is 5.26 Å². The maximum Gasteiger partial charge on any atom is 0.127 e. The number of anilines is 2. The molecule has 3 aromatic rings. The molecule has 3 nitrogen and oxygen atoms in total. The Balaban J connectivity index is 2.06. The number of aryl methyl sites for hydroxylation is 1. The largest absolute Gasteiger partial charge is 0.341 e. The number of nitriles is 1. The third-order valence-corrected chi connectivity index (χ3v) is 3.25. The van der Waals surface area contributed by atoms with Crippen LogP contribution in [0.4, 0.5) is 15.9 Å². The Hall–Kier alpha value is -2.80. The highest BCUT2D eigenvalue weighted by molar-refractivity contribution is 5.92. The molecule has 0 unspecified atom stereocenters. The van der Waals surface area contributed by atoms with Crippen LogP contribution in [-0.4, -0.2) is 4.98 Å². The van der Waals surface area contributed by atoms with Gasteiger partial charge in [-0.2, -0.15) is 5.26 Å². The summed E-state index contributed by atoms with van der Waals surface area (Å²) in [6.07, 6.45) is 0. The van der Waals surface area contributed by atoms with E-state index in [1.54, 1.807) is 19.1 Å². The molecular weight excluding hydrogens is 253 g/mol. The monoisotopic (exact) mass is 265 g/mol. The molecule has 0 fully saturated rings. The topological polar surface area (TPSA) is 51.6 Å². The zero-order valence-corrected chi connectivity index (χ0v) is 10.9. The zero-order valence-electron chi connectivity index (χ0n) is 10.9. The van der Waals surface area contributed by atoms with Gasteiger partial charge in [-0.1, -0.05) is 18.2 Å². The number of nitrogens with zero attached hydrogens (tertiary/aromatic N) is 1. The van der Waals surface area contributed by atoms with E-state index in [0.29, 0.717) is 16.9 Å². The van der Waals surface area contributed by atoms with Gasteiger partial charge in [0, 0.05) is 16.6 Å². The molecule has 98 valence electrons. The second kappa shape index (κ2) is 4.71. The first kappa shape index (κ1) is 12.2. The summed E-state index contributed by atoms with van der Waals surface area (Å²) in [6, 6.07) is 14.6. The smallest absolute Gasteiger partial charge is 0.127 e. The van der Waals surface area contributed by atoms with Crippen LogP contribution >= 0.6 is 0 Å². The third kappa shape index (κ3) is 1.99. The Labute approximate surface area is 115 Å². The van der Waals surface area contributed by atoms with E-state index in [9.17, 15) is 9.65 Å². The van der Waals surface area contributed by atoms with E-state index >= 15 is 0 Å². The van der Waals surface area contributed by atoms with Crippen molar-refractivity contribution in [2.24, 2.45) is 0 Å². The summed E-state index contributed by atoms with van der Waals surface area (Å²) in [6.45, 7) is 1.71. The zero-order chi connectivity index (χ0) is 14.1. The lowest BCUT2D eigenvalue weighted by Crippen LogP contribution is -1.94. The summed E-state index contributed by atoms with van der Waals surface area (Å²) in [7, 11) is 0. The molecule has 0 amide bonds. The van der Waals surface area contributed by atoms with E-state index < -0.39 is 0 Å². The standard InChI is InChI=1S/C16H12FN3/c1-10-8-11(6-7-14(10)17)19-16-13(9-18)12-4-2-3-5-15(12)20-16/h2-8,19-20H,1H3. The number of para-hydroxylation sites is 1. The number of aromatic nitrogens is 1. The van der Waals surface area contributed by atoms with E-state index in [1.165, 1.54) is 6.07 Å². The second-order valence-corrected chi connectivity index (χ2v) is 4.62. The molecule has 2 N–H and O–H groups in total. The molecule has 0 radical (unpaired) electrons.